The van der Waals surface area contributed by atoms with Crippen molar-refractivity contribution < 1.29 is 0 Å². The fourth-order valence-electron chi connectivity index (χ4n) is 4.21. The maximum atomic E-state index is 6.81. The van der Waals surface area contributed by atoms with Crippen molar-refractivity contribution >= 4 is 11.9 Å². The van der Waals surface area contributed by atoms with Gasteiger partial charge in [0.2, 0.25) is 11.9 Å². The predicted octanol–water partition coefficient (Wildman–Crippen LogP) is 1.44. The number of aliphatic imine (C=N–C) groups is 2. The summed E-state index contributed by atoms with van der Waals surface area (Å²) in [6, 6.07) is 12.4. The summed E-state index contributed by atoms with van der Waals surface area (Å²) in [5.41, 5.74) is 9.38. The van der Waals surface area contributed by atoms with E-state index >= 15 is 0 Å². The molecule has 0 bridgehead atoms. The molecule has 170 valence electrons. The third-order valence-corrected chi connectivity index (χ3v) is 6.51. The van der Waals surface area contributed by atoms with Crippen LogP contribution in [0, 0.1) is 0 Å². The van der Waals surface area contributed by atoms with Crippen LogP contribution < -0.4 is 16.4 Å². The molecule has 5 N–H and O–H groups in total. The van der Waals surface area contributed by atoms with Crippen LogP contribution in [0.2, 0.25) is 0 Å². The molecule has 2 aliphatic heterocycles. The second kappa shape index (κ2) is 7.90. The molecule has 0 amide bonds. The highest BCUT2D eigenvalue weighted by molar-refractivity contribution is 6.00. The summed E-state index contributed by atoms with van der Waals surface area (Å²) in [5.74, 6) is 0.600. The Balaban J connectivity index is 1.46. The van der Waals surface area contributed by atoms with Gasteiger partial charge in [-0.25, -0.2) is 9.98 Å². The van der Waals surface area contributed by atoms with E-state index in [0.29, 0.717) is 17.6 Å². The molecule has 1 aromatic carbocycles. The van der Waals surface area contributed by atoms with Gasteiger partial charge < -0.3 is 15.1 Å². The SMILES string of the molecule is CN1CCN(C2=NC(N)(c3cc(C4CC4)[nH]n3)N=C(NC(C)(C)c3ccccc3)N2)CC1. The fourth-order valence-corrected chi connectivity index (χ4v) is 4.21. The molecule has 1 aromatic heterocycles. The molecule has 0 spiro atoms. The number of hydrogen-bond donors (Lipinski definition) is 4. The normalized spacial score (nSPS) is 24.6. The number of aromatic amines is 1. The molecular formula is C23H33N9. The monoisotopic (exact) mass is 435 g/mol. The van der Waals surface area contributed by atoms with Crippen LogP contribution in [0.3, 0.4) is 0 Å². The van der Waals surface area contributed by atoms with Crippen LogP contribution in [-0.2, 0) is 11.3 Å². The van der Waals surface area contributed by atoms with Crippen molar-refractivity contribution in [1.29, 1.82) is 0 Å². The summed E-state index contributed by atoms with van der Waals surface area (Å²) in [7, 11) is 2.14. The van der Waals surface area contributed by atoms with Crippen LogP contribution in [0.25, 0.3) is 0 Å². The molecule has 3 aliphatic rings. The van der Waals surface area contributed by atoms with E-state index in [2.05, 4.69) is 63.7 Å². The number of hydrogen-bond acceptors (Lipinski definition) is 8. The van der Waals surface area contributed by atoms with Crippen molar-refractivity contribution in [2.24, 2.45) is 15.7 Å². The zero-order valence-electron chi connectivity index (χ0n) is 19.1. The van der Waals surface area contributed by atoms with Gasteiger partial charge in [0.25, 0.3) is 5.79 Å². The lowest BCUT2D eigenvalue weighted by atomic mass is 9.94. The van der Waals surface area contributed by atoms with Crippen molar-refractivity contribution in [3.63, 3.8) is 0 Å². The van der Waals surface area contributed by atoms with Gasteiger partial charge in [0.15, 0.2) is 0 Å². The van der Waals surface area contributed by atoms with E-state index in [1.807, 2.05) is 24.3 Å². The van der Waals surface area contributed by atoms with Gasteiger partial charge in [0.05, 0.1) is 5.54 Å². The van der Waals surface area contributed by atoms with Gasteiger partial charge in [-0.15, -0.1) is 0 Å². The first-order valence-electron chi connectivity index (χ1n) is 11.4. The number of likely N-dealkylation sites (N-methyl/N-ethyl adjacent to an activating group) is 1. The third-order valence-electron chi connectivity index (χ3n) is 6.51. The maximum absolute atomic E-state index is 6.81. The Labute approximate surface area is 189 Å². The number of rotatable bonds is 4. The van der Waals surface area contributed by atoms with Crippen LogP contribution in [0.15, 0.2) is 46.4 Å². The molecule has 2 aromatic rings. The summed E-state index contributed by atoms with van der Waals surface area (Å²) in [6.07, 6.45) is 2.38. The van der Waals surface area contributed by atoms with E-state index in [4.69, 9.17) is 15.7 Å². The van der Waals surface area contributed by atoms with Gasteiger partial charge in [0, 0.05) is 37.8 Å². The van der Waals surface area contributed by atoms with Gasteiger partial charge in [0.1, 0.15) is 5.69 Å². The quantitative estimate of drug-likeness (QED) is 0.579. The van der Waals surface area contributed by atoms with Crippen molar-refractivity contribution in [3.8, 4) is 0 Å². The topological polar surface area (TPSA) is 110 Å². The molecule has 9 nitrogen and oxygen atoms in total. The van der Waals surface area contributed by atoms with Crippen LogP contribution in [0.5, 0.6) is 0 Å². The molecule has 32 heavy (non-hydrogen) atoms. The number of piperazine rings is 1. The smallest absolute Gasteiger partial charge is 0.254 e. The highest BCUT2D eigenvalue weighted by Gasteiger charge is 2.38. The lowest BCUT2D eigenvalue weighted by Gasteiger charge is -2.39. The lowest BCUT2D eigenvalue weighted by Crippen LogP contribution is -2.60. The minimum atomic E-state index is -1.29. The molecule has 1 aliphatic carbocycles. The van der Waals surface area contributed by atoms with Crippen molar-refractivity contribution in [2.75, 3.05) is 33.2 Å². The van der Waals surface area contributed by atoms with Crippen LogP contribution in [0.4, 0.5) is 0 Å². The average Bonchev–Trinajstić information content (AvgIpc) is 3.50. The van der Waals surface area contributed by atoms with E-state index < -0.39 is 5.79 Å². The summed E-state index contributed by atoms with van der Waals surface area (Å²) < 4.78 is 0. The summed E-state index contributed by atoms with van der Waals surface area (Å²) >= 11 is 0. The van der Waals surface area contributed by atoms with E-state index in [0.717, 1.165) is 43.4 Å². The maximum Gasteiger partial charge on any atom is 0.254 e. The molecule has 5 rings (SSSR count). The second-order valence-electron chi connectivity index (χ2n) is 9.64. The predicted molar refractivity (Wildman–Crippen MR) is 126 cm³/mol. The number of nitrogens with one attached hydrogen (secondary N) is 3. The number of guanidine groups is 2. The van der Waals surface area contributed by atoms with Gasteiger partial charge in [-0.2, -0.15) is 5.10 Å². The Morgan fingerprint density at radius 3 is 2.50 bits per heavy atom. The lowest BCUT2D eigenvalue weighted by molar-refractivity contribution is 0.210. The Morgan fingerprint density at radius 1 is 1.09 bits per heavy atom. The average molecular weight is 436 g/mol. The fraction of sp³-hybridized carbons (Fsp3) is 0.522. The van der Waals surface area contributed by atoms with Gasteiger partial charge >= 0.3 is 0 Å². The van der Waals surface area contributed by atoms with E-state index in [1.165, 1.54) is 12.8 Å². The Hall–Kier alpha value is -2.91. The molecule has 1 unspecified atom stereocenters. The third kappa shape index (κ3) is 4.22. The largest absolute Gasteiger partial charge is 0.347 e. The van der Waals surface area contributed by atoms with Gasteiger partial charge in [-0.05, 0) is 45.4 Å². The highest BCUT2D eigenvalue weighted by atomic mass is 15.5. The molecular weight excluding hydrogens is 402 g/mol. The number of nitrogens with two attached hydrogens (primary N) is 1. The first-order chi connectivity index (χ1) is 15.3. The summed E-state index contributed by atoms with van der Waals surface area (Å²) in [6.45, 7) is 7.96. The zero-order chi connectivity index (χ0) is 22.3. The molecule has 0 radical (unpaired) electrons. The molecule has 3 heterocycles. The van der Waals surface area contributed by atoms with Crippen molar-refractivity contribution in [1.82, 2.24) is 30.6 Å². The number of nitrogens with zero attached hydrogens (tertiary/aromatic N) is 5. The molecule has 1 saturated carbocycles. The molecule has 1 atom stereocenters. The number of H-pyrrole nitrogens is 1. The van der Waals surface area contributed by atoms with Crippen LogP contribution >= 0.6 is 0 Å². The molecule has 1 saturated heterocycles. The Morgan fingerprint density at radius 2 is 1.81 bits per heavy atom. The number of aromatic nitrogens is 2. The first-order valence-corrected chi connectivity index (χ1v) is 11.4. The highest BCUT2D eigenvalue weighted by Crippen LogP contribution is 2.40. The minimum absolute atomic E-state index is 0.358. The molecule has 2 fully saturated rings. The van der Waals surface area contributed by atoms with E-state index in [-0.39, 0.29) is 5.54 Å². The van der Waals surface area contributed by atoms with Gasteiger partial charge in [-0.3, -0.25) is 16.1 Å². The van der Waals surface area contributed by atoms with Crippen molar-refractivity contribution in [3.05, 3.63) is 53.3 Å². The van der Waals surface area contributed by atoms with Crippen LogP contribution in [-0.4, -0.2) is 65.1 Å². The second-order valence-corrected chi connectivity index (χ2v) is 9.64. The van der Waals surface area contributed by atoms with E-state index in [1.54, 1.807) is 0 Å². The molecule has 9 heteroatoms. The first kappa shape index (κ1) is 21.0. The Bertz CT molecular complexity index is 1010. The van der Waals surface area contributed by atoms with Crippen molar-refractivity contribution in [2.45, 2.75) is 43.9 Å². The Kier molecular flexibility index (Phi) is 5.17. The van der Waals surface area contributed by atoms with Gasteiger partial charge in [-0.1, -0.05) is 30.3 Å². The summed E-state index contributed by atoms with van der Waals surface area (Å²) in [5, 5.41) is 14.6. The minimum Gasteiger partial charge on any atom is -0.347 e. The van der Waals surface area contributed by atoms with E-state index in [9.17, 15) is 0 Å². The standard InChI is InChI=1S/C23H33N9/c1-22(2,17-7-5-4-6-8-17)26-20-25-21(32-13-11-31(3)12-14-32)28-23(24,27-20)19-15-18(29-30-19)16-9-10-16/h4-8,15-16H,9-14,24H2,1-3H3,(H,29,30)(H2,25,26,27,28). The number of benzene rings is 1. The summed E-state index contributed by atoms with van der Waals surface area (Å²) in [4.78, 5) is 14.2. The zero-order valence-corrected chi connectivity index (χ0v) is 19.1. The van der Waals surface area contributed by atoms with Crippen LogP contribution in [0.1, 0.15) is 49.6 Å².